The van der Waals surface area contributed by atoms with E-state index in [4.69, 9.17) is 9.31 Å². The molecule has 4 nitrogen and oxygen atoms in total. The molecule has 54 heavy (non-hydrogen) atoms. The Balaban J connectivity index is 1.28. The van der Waals surface area contributed by atoms with Crippen molar-refractivity contribution in [3.63, 3.8) is 0 Å². The second kappa shape index (κ2) is 10.4. The van der Waals surface area contributed by atoms with Crippen LogP contribution in [0.2, 0.25) is 0 Å². The lowest BCUT2D eigenvalue weighted by Crippen LogP contribution is -2.49. The first-order valence-electron chi connectivity index (χ1n) is 18.4. The smallest absolute Gasteiger partial charge is 0.521 e. The molecule has 0 aliphatic carbocycles. The fraction of sp³-hybridized carbons (Fsp3) is 0. The molecule has 6 heteroatoms. The van der Waals surface area contributed by atoms with Crippen molar-refractivity contribution in [2.24, 2.45) is 0 Å². The van der Waals surface area contributed by atoms with Gasteiger partial charge in [0.25, 0.3) is 0 Å². The topological polar surface area (TPSA) is 28.3 Å². The zero-order valence-electron chi connectivity index (χ0n) is 28.8. The van der Waals surface area contributed by atoms with Crippen molar-refractivity contribution < 1.29 is 9.31 Å². The van der Waals surface area contributed by atoms with Gasteiger partial charge in [0.05, 0.1) is 26.8 Å². The number of aromatic nitrogens is 2. The third-order valence-electron chi connectivity index (χ3n) is 11.5. The normalized spacial score (nSPS) is 13.1. The Morgan fingerprint density at radius 1 is 0.426 bits per heavy atom. The quantitative estimate of drug-likeness (QED) is 0.167. The van der Waals surface area contributed by atoms with Gasteiger partial charge in [0.15, 0.2) is 0 Å². The fourth-order valence-electron chi connectivity index (χ4n) is 9.42. The fourth-order valence-corrected chi connectivity index (χ4v) is 10.7. The molecule has 0 fully saturated rings. The van der Waals surface area contributed by atoms with Crippen LogP contribution in [0.25, 0.3) is 97.4 Å². The Labute approximate surface area is 313 Å². The van der Waals surface area contributed by atoms with Crippen LogP contribution in [-0.4, -0.2) is 16.3 Å². The van der Waals surface area contributed by atoms with E-state index in [1.807, 2.05) is 23.5 Å². The summed E-state index contributed by atoms with van der Waals surface area (Å²) in [5, 5.41) is 7.61. The van der Waals surface area contributed by atoms with E-state index in [1.165, 1.54) is 63.8 Å². The molecular formula is C48H27BN2O2S. The van der Waals surface area contributed by atoms with Gasteiger partial charge in [-0.05, 0) is 65.7 Å². The highest BCUT2D eigenvalue weighted by Crippen LogP contribution is 2.52. The zero-order chi connectivity index (χ0) is 35.1. The minimum atomic E-state index is -0.525. The van der Waals surface area contributed by atoms with Crippen LogP contribution in [0.5, 0.6) is 11.5 Å². The van der Waals surface area contributed by atoms with Gasteiger partial charge in [0, 0.05) is 65.0 Å². The second-order valence-corrected chi connectivity index (χ2v) is 15.4. The standard InChI is InChI=1S/C48H27BN2O2S/c1-2-14-28(15-3-1)50-37-21-9-5-19-33(37)43-42-32-18-4-10-22-38(32)51(46(42)44-34-20-8-13-25-41(34)54-48(44)47(43)50)29-26-35-30-16-6-11-23-39(30)52-49-45(35)36(27-29)31-17-7-12-24-40(31)53-49/h1-27H. The SMILES string of the molecule is c1ccc(-n2c3ccccc3c3c4c5ccccc5n(-c5cc6c7c(c5)-c5ccccc5OB7Oc5ccccc5-6)c4c4c5ccccc5sc4c32)cc1. The van der Waals surface area contributed by atoms with Gasteiger partial charge in [-0.1, -0.05) is 109 Å². The van der Waals surface area contributed by atoms with Crippen LogP contribution in [-0.2, 0) is 0 Å². The van der Waals surface area contributed by atoms with Gasteiger partial charge in [-0.25, -0.2) is 0 Å². The zero-order valence-corrected chi connectivity index (χ0v) is 29.6. The number of rotatable bonds is 2. The van der Waals surface area contributed by atoms with E-state index in [2.05, 4.69) is 161 Å². The van der Waals surface area contributed by atoms with Crippen molar-refractivity contribution in [1.29, 1.82) is 0 Å². The molecule has 0 bridgehead atoms. The van der Waals surface area contributed by atoms with E-state index in [1.54, 1.807) is 0 Å². The Morgan fingerprint density at radius 3 is 1.61 bits per heavy atom. The van der Waals surface area contributed by atoms with Crippen LogP contribution < -0.4 is 14.8 Å². The summed E-state index contributed by atoms with van der Waals surface area (Å²) in [4.78, 5) is 0. The van der Waals surface area contributed by atoms with Gasteiger partial charge in [-0.3, -0.25) is 0 Å². The maximum Gasteiger partial charge on any atom is 0.633 e. The summed E-state index contributed by atoms with van der Waals surface area (Å²) in [7, 11) is -0.525. The van der Waals surface area contributed by atoms with Crippen LogP contribution in [0, 0.1) is 0 Å². The first-order chi connectivity index (χ1) is 26.8. The first-order valence-corrected chi connectivity index (χ1v) is 19.2. The van der Waals surface area contributed by atoms with Gasteiger partial charge in [-0.15, -0.1) is 11.3 Å². The summed E-state index contributed by atoms with van der Waals surface area (Å²) < 4.78 is 20.7. The minimum absolute atomic E-state index is 0.525. The molecule has 11 aromatic rings. The van der Waals surface area contributed by atoms with Gasteiger partial charge < -0.3 is 18.4 Å². The van der Waals surface area contributed by atoms with Gasteiger partial charge in [-0.2, -0.15) is 0 Å². The maximum absolute atomic E-state index is 6.56. The summed E-state index contributed by atoms with van der Waals surface area (Å²) in [6.45, 7) is 0. The first kappa shape index (κ1) is 28.8. The monoisotopic (exact) mass is 706 g/mol. The Bertz CT molecular complexity index is 3340. The molecule has 0 radical (unpaired) electrons. The van der Waals surface area contributed by atoms with Crippen molar-refractivity contribution in [2.75, 3.05) is 0 Å². The summed E-state index contributed by atoms with van der Waals surface area (Å²) in [6.07, 6.45) is 0. The lowest BCUT2D eigenvalue weighted by molar-refractivity contribution is 0.436. The number of fused-ring (bicyclic) bond motifs is 16. The molecule has 0 spiro atoms. The van der Waals surface area contributed by atoms with Gasteiger partial charge >= 0.3 is 7.12 Å². The number of hydrogen-bond donors (Lipinski definition) is 0. The molecule has 0 saturated heterocycles. The third-order valence-corrected chi connectivity index (χ3v) is 12.7. The van der Waals surface area contributed by atoms with Gasteiger partial charge in [0.2, 0.25) is 0 Å². The molecule has 250 valence electrons. The van der Waals surface area contributed by atoms with Crippen LogP contribution in [0.1, 0.15) is 0 Å². The maximum atomic E-state index is 6.56. The number of nitrogens with zero attached hydrogens (tertiary/aromatic N) is 2. The van der Waals surface area contributed by atoms with Crippen LogP contribution in [0.3, 0.4) is 0 Å². The number of thiophene rings is 1. The summed E-state index contributed by atoms with van der Waals surface area (Å²) in [6, 6.07) is 59.1. The van der Waals surface area contributed by atoms with Crippen LogP contribution in [0.15, 0.2) is 164 Å². The largest absolute Gasteiger partial charge is 0.633 e. The molecule has 0 amide bonds. The molecule has 2 aliphatic heterocycles. The second-order valence-electron chi connectivity index (χ2n) is 14.3. The summed E-state index contributed by atoms with van der Waals surface area (Å²) in [5.74, 6) is 1.67. The van der Waals surface area contributed by atoms with E-state index in [0.717, 1.165) is 50.6 Å². The Hall–Kier alpha value is -6.76. The molecule has 5 heterocycles. The lowest BCUT2D eigenvalue weighted by Gasteiger charge is -2.32. The highest BCUT2D eigenvalue weighted by Gasteiger charge is 2.42. The van der Waals surface area contributed by atoms with E-state index < -0.39 is 7.12 Å². The average molecular weight is 707 g/mol. The predicted octanol–water partition coefficient (Wildman–Crippen LogP) is 12.1. The van der Waals surface area contributed by atoms with Crippen molar-refractivity contribution in [1.82, 2.24) is 9.13 Å². The molecule has 13 rings (SSSR count). The molecule has 2 aliphatic rings. The lowest BCUT2D eigenvalue weighted by atomic mass is 9.66. The summed E-state index contributed by atoms with van der Waals surface area (Å²) >= 11 is 1.90. The molecule has 0 N–H and O–H groups in total. The molecule has 3 aromatic heterocycles. The van der Waals surface area contributed by atoms with Gasteiger partial charge in [0.1, 0.15) is 11.5 Å². The molecule has 0 unspecified atom stereocenters. The molecule has 0 atom stereocenters. The third kappa shape index (κ3) is 3.63. The molecule has 8 aromatic carbocycles. The Kier molecular flexibility index (Phi) is 5.56. The van der Waals surface area contributed by atoms with E-state index in [-0.39, 0.29) is 0 Å². The van der Waals surface area contributed by atoms with Crippen molar-refractivity contribution in [3.05, 3.63) is 164 Å². The highest BCUT2D eigenvalue weighted by molar-refractivity contribution is 7.27. The van der Waals surface area contributed by atoms with E-state index in [0.29, 0.717) is 0 Å². The average Bonchev–Trinajstić information content (AvgIpc) is 3.89. The summed E-state index contributed by atoms with van der Waals surface area (Å²) in [5.41, 5.74) is 12.7. The number of benzene rings is 8. The van der Waals surface area contributed by atoms with Crippen LogP contribution >= 0.6 is 11.3 Å². The number of hydrogen-bond acceptors (Lipinski definition) is 3. The molecular weight excluding hydrogens is 679 g/mol. The van der Waals surface area contributed by atoms with Crippen molar-refractivity contribution in [2.45, 2.75) is 0 Å². The highest BCUT2D eigenvalue weighted by atomic mass is 32.1. The van der Waals surface area contributed by atoms with Crippen molar-refractivity contribution in [3.8, 4) is 45.1 Å². The van der Waals surface area contributed by atoms with Crippen LogP contribution in [0.4, 0.5) is 0 Å². The predicted molar refractivity (Wildman–Crippen MR) is 226 cm³/mol. The van der Waals surface area contributed by atoms with E-state index >= 15 is 0 Å². The minimum Gasteiger partial charge on any atom is -0.521 e. The number of para-hydroxylation sites is 5. The Morgan fingerprint density at radius 2 is 0.944 bits per heavy atom. The molecule has 0 saturated carbocycles. The van der Waals surface area contributed by atoms with Crippen molar-refractivity contribution >= 4 is 87.7 Å². The van der Waals surface area contributed by atoms with E-state index in [9.17, 15) is 0 Å².